The minimum Gasteiger partial charge on any atom is -0.289 e. The van der Waals surface area contributed by atoms with E-state index < -0.39 is 0 Å². The number of aryl methyl sites for hydroxylation is 1. The van der Waals surface area contributed by atoms with Gasteiger partial charge < -0.3 is 0 Å². The summed E-state index contributed by atoms with van der Waals surface area (Å²) >= 11 is 5.62. The molecule has 20 heavy (non-hydrogen) atoms. The van der Waals surface area contributed by atoms with Gasteiger partial charge in [0.2, 0.25) is 0 Å². The van der Waals surface area contributed by atoms with Crippen LogP contribution in [0.4, 0.5) is 10.5 Å². The maximum Gasteiger partial charge on any atom is 0.330 e. The molecule has 4 heteroatoms. The Hall–Kier alpha value is -1.42. The van der Waals surface area contributed by atoms with Crippen molar-refractivity contribution in [2.24, 2.45) is 0 Å². The lowest BCUT2D eigenvalue weighted by atomic mass is 9.80. The zero-order valence-corrected chi connectivity index (χ0v) is 12.9. The van der Waals surface area contributed by atoms with Crippen molar-refractivity contribution < 1.29 is 4.79 Å². The Labute approximate surface area is 125 Å². The second-order valence-electron chi connectivity index (χ2n) is 5.91. The highest BCUT2D eigenvalue weighted by molar-refractivity contribution is 7.80. The van der Waals surface area contributed by atoms with Crippen molar-refractivity contribution in [3.05, 3.63) is 29.8 Å². The summed E-state index contributed by atoms with van der Waals surface area (Å²) < 4.78 is 0. The lowest BCUT2D eigenvalue weighted by Crippen LogP contribution is -2.50. The summed E-state index contributed by atoms with van der Waals surface area (Å²) in [6.07, 6.45) is 5.49. The van der Waals surface area contributed by atoms with Crippen LogP contribution in [0.5, 0.6) is 0 Å². The molecule has 1 saturated carbocycles. The topological polar surface area (TPSA) is 23.6 Å². The van der Waals surface area contributed by atoms with Crippen LogP contribution in [0.15, 0.2) is 24.3 Å². The first-order chi connectivity index (χ1) is 9.56. The van der Waals surface area contributed by atoms with Crippen LogP contribution in [0.2, 0.25) is 0 Å². The van der Waals surface area contributed by atoms with Crippen molar-refractivity contribution in [2.45, 2.75) is 44.6 Å². The fourth-order valence-corrected chi connectivity index (χ4v) is 3.83. The molecule has 3 nitrogen and oxygen atoms in total. The molecule has 1 aliphatic heterocycles. The maximum atomic E-state index is 12.6. The van der Waals surface area contributed by atoms with Gasteiger partial charge in [-0.25, -0.2) is 4.79 Å². The third-order valence-corrected chi connectivity index (χ3v) is 5.24. The van der Waals surface area contributed by atoms with Crippen LogP contribution in [0.3, 0.4) is 0 Å². The molecule has 106 valence electrons. The average molecular weight is 288 g/mol. The normalized spacial score (nSPS) is 21.9. The van der Waals surface area contributed by atoms with Crippen LogP contribution < -0.4 is 4.90 Å². The van der Waals surface area contributed by atoms with Gasteiger partial charge in [0.05, 0.1) is 0 Å². The van der Waals surface area contributed by atoms with Gasteiger partial charge in [-0.2, -0.15) is 0 Å². The number of hydrogen-bond donors (Lipinski definition) is 0. The summed E-state index contributed by atoms with van der Waals surface area (Å²) in [7, 11) is 1.80. The zero-order valence-electron chi connectivity index (χ0n) is 12.1. The summed E-state index contributed by atoms with van der Waals surface area (Å²) in [4.78, 5) is 17.0. The molecule has 0 unspecified atom stereocenters. The number of benzene rings is 1. The van der Waals surface area contributed by atoms with Crippen molar-refractivity contribution in [1.29, 1.82) is 0 Å². The fraction of sp³-hybridized carbons (Fsp3) is 0.500. The molecule has 2 fully saturated rings. The van der Waals surface area contributed by atoms with Gasteiger partial charge in [-0.1, -0.05) is 49.2 Å². The first-order valence-corrected chi connectivity index (χ1v) is 7.66. The van der Waals surface area contributed by atoms with Crippen LogP contribution in [0.1, 0.15) is 37.7 Å². The minimum absolute atomic E-state index is 0.0146. The first kappa shape index (κ1) is 13.6. The number of thiocarbonyl (C=S) groups is 1. The molecular weight excluding hydrogens is 268 g/mol. The van der Waals surface area contributed by atoms with Crippen molar-refractivity contribution in [1.82, 2.24) is 4.90 Å². The van der Waals surface area contributed by atoms with Gasteiger partial charge in [-0.15, -0.1) is 0 Å². The number of urea groups is 1. The fourth-order valence-electron chi connectivity index (χ4n) is 3.45. The predicted octanol–water partition coefficient (Wildman–Crippen LogP) is 3.90. The molecule has 1 saturated heterocycles. The number of hydrogen-bond acceptors (Lipinski definition) is 2. The minimum atomic E-state index is -0.269. The number of likely N-dealkylation sites (N-methyl/N-ethyl adjacent to an activating group) is 1. The molecular formula is C16H20N2OS. The van der Waals surface area contributed by atoms with E-state index in [0.29, 0.717) is 0 Å². The summed E-state index contributed by atoms with van der Waals surface area (Å²) in [6, 6.07) is 8.19. The molecule has 0 atom stereocenters. The van der Waals surface area contributed by atoms with Crippen molar-refractivity contribution in [3.63, 3.8) is 0 Å². The monoisotopic (exact) mass is 288 g/mol. The van der Waals surface area contributed by atoms with Gasteiger partial charge >= 0.3 is 6.03 Å². The quantitative estimate of drug-likeness (QED) is 0.732. The van der Waals surface area contributed by atoms with Crippen LogP contribution in [0.25, 0.3) is 0 Å². The first-order valence-electron chi connectivity index (χ1n) is 7.25. The molecule has 1 aromatic rings. The predicted molar refractivity (Wildman–Crippen MR) is 85.2 cm³/mol. The Bertz CT molecular complexity index is 546. The highest BCUT2D eigenvalue weighted by Gasteiger charge is 2.53. The molecule has 3 rings (SSSR count). The largest absolute Gasteiger partial charge is 0.330 e. The molecule has 0 bridgehead atoms. The van der Waals surface area contributed by atoms with E-state index in [9.17, 15) is 4.79 Å². The molecule has 0 aromatic heterocycles. The molecule has 2 amide bonds. The Balaban J connectivity index is 2.07. The van der Waals surface area contributed by atoms with Gasteiger partial charge in [0.25, 0.3) is 0 Å². The number of carbonyl (C=O) groups excluding carboxylic acids is 1. The summed E-state index contributed by atoms with van der Waals surface area (Å²) in [5.41, 5.74) is 1.90. The van der Waals surface area contributed by atoms with Crippen molar-refractivity contribution in [3.8, 4) is 0 Å². The smallest absolute Gasteiger partial charge is 0.289 e. The van der Waals surface area contributed by atoms with Crippen LogP contribution in [0, 0.1) is 6.92 Å². The van der Waals surface area contributed by atoms with E-state index >= 15 is 0 Å². The van der Waals surface area contributed by atoms with E-state index in [4.69, 9.17) is 12.2 Å². The molecule has 1 aliphatic carbocycles. The Kier molecular flexibility index (Phi) is 3.28. The second kappa shape index (κ2) is 4.85. The van der Waals surface area contributed by atoms with Crippen LogP contribution >= 0.6 is 12.2 Å². The van der Waals surface area contributed by atoms with E-state index in [1.807, 2.05) is 17.0 Å². The van der Waals surface area contributed by atoms with Gasteiger partial charge in [0.1, 0.15) is 10.5 Å². The highest BCUT2D eigenvalue weighted by Crippen LogP contribution is 2.43. The molecule has 0 N–H and O–H groups in total. The number of amides is 2. The van der Waals surface area contributed by atoms with E-state index in [2.05, 4.69) is 19.1 Å². The van der Waals surface area contributed by atoms with Gasteiger partial charge in [0.15, 0.2) is 0 Å². The van der Waals surface area contributed by atoms with E-state index in [1.165, 1.54) is 12.0 Å². The van der Waals surface area contributed by atoms with Crippen molar-refractivity contribution >= 4 is 28.9 Å². The number of anilines is 1. The summed E-state index contributed by atoms with van der Waals surface area (Å²) in [6.45, 7) is 2.06. The lowest BCUT2D eigenvalue weighted by Gasteiger charge is -2.39. The van der Waals surface area contributed by atoms with Gasteiger partial charge in [0, 0.05) is 12.7 Å². The molecule has 0 radical (unpaired) electrons. The van der Waals surface area contributed by atoms with E-state index in [-0.39, 0.29) is 11.6 Å². The highest BCUT2D eigenvalue weighted by atomic mass is 32.1. The Morgan fingerprint density at radius 2 is 1.70 bits per heavy atom. The number of nitrogens with zero attached hydrogens (tertiary/aromatic N) is 2. The van der Waals surface area contributed by atoms with Gasteiger partial charge in [-0.3, -0.25) is 9.80 Å². The second-order valence-corrected chi connectivity index (χ2v) is 6.30. The standard InChI is InChI=1S/C16H20N2OS/c1-12-6-8-13(9-7-12)18-15(19)17(2)14(20)16(18)10-4-3-5-11-16/h6-9H,3-5,10-11H2,1-2H3. The third-order valence-electron chi connectivity index (χ3n) is 4.58. The third kappa shape index (κ3) is 1.85. The lowest BCUT2D eigenvalue weighted by molar-refractivity contribution is 0.235. The number of carbonyl (C=O) groups is 1. The Morgan fingerprint density at radius 1 is 1.10 bits per heavy atom. The van der Waals surface area contributed by atoms with Crippen LogP contribution in [-0.2, 0) is 0 Å². The molecule has 2 aliphatic rings. The summed E-state index contributed by atoms with van der Waals surface area (Å²) in [5, 5.41) is 0. The SMILES string of the molecule is Cc1ccc(N2C(=O)N(C)C(=S)C23CCCCC3)cc1. The average Bonchev–Trinajstić information content (AvgIpc) is 2.64. The molecule has 1 heterocycles. The zero-order chi connectivity index (χ0) is 14.3. The van der Waals surface area contributed by atoms with E-state index in [0.717, 1.165) is 36.4 Å². The Morgan fingerprint density at radius 3 is 2.30 bits per heavy atom. The van der Waals surface area contributed by atoms with Crippen LogP contribution in [-0.4, -0.2) is 28.5 Å². The van der Waals surface area contributed by atoms with Gasteiger partial charge in [-0.05, 0) is 31.9 Å². The molecule has 1 spiro atoms. The maximum absolute atomic E-state index is 12.6. The number of rotatable bonds is 1. The van der Waals surface area contributed by atoms with Crippen molar-refractivity contribution in [2.75, 3.05) is 11.9 Å². The van der Waals surface area contributed by atoms with E-state index in [1.54, 1.807) is 11.9 Å². The summed E-state index contributed by atoms with van der Waals surface area (Å²) in [5.74, 6) is 0. The molecule has 1 aromatic carbocycles.